The fourth-order valence-corrected chi connectivity index (χ4v) is 12.9. The third-order valence-corrected chi connectivity index (χ3v) is 15.2. The molecule has 5 aliphatic rings. The molecule has 0 amide bonds. The molecule has 0 bridgehead atoms. The first-order valence-corrected chi connectivity index (χ1v) is 17.7. The van der Waals surface area contributed by atoms with E-state index in [0.717, 1.165) is 37.1 Å². The maximum atomic E-state index is 11.5. The van der Waals surface area contributed by atoms with Crippen molar-refractivity contribution >= 4 is 11.5 Å². The first kappa shape index (κ1) is 30.3. The van der Waals surface area contributed by atoms with Gasteiger partial charge < -0.3 is 15.4 Å². The van der Waals surface area contributed by atoms with E-state index in [1.54, 1.807) is 18.5 Å². The Morgan fingerprint density at radius 2 is 1.73 bits per heavy atom. The van der Waals surface area contributed by atoms with Crippen LogP contribution in [0.3, 0.4) is 0 Å². The van der Waals surface area contributed by atoms with Gasteiger partial charge in [-0.05, 0) is 132 Å². The van der Waals surface area contributed by atoms with E-state index in [4.69, 9.17) is 0 Å². The summed E-state index contributed by atoms with van der Waals surface area (Å²) in [5.41, 5.74) is 5.88. The van der Waals surface area contributed by atoms with Crippen LogP contribution in [0.15, 0.2) is 42.9 Å². The van der Waals surface area contributed by atoms with E-state index in [-0.39, 0.29) is 5.41 Å². The number of aromatic carboxylic acids is 1. The van der Waals surface area contributed by atoms with Crippen LogP contribution < -0.4 is 5.32 Å². The number of benzene rings is 1. The number of carboxylic acid groups (broad SMARTS) is 1. The van der Waals surface area contributed by atoms with Gasteiger partial charge in [-0.25, -0.2) is 9.78 Å². The van der Waals surface area contributed by atoms with Crippen molar-refractivity contribution in [2.45, 2.75) is 105 Å². The SMILES string of the molecule is CC1(C)C(c2ccc(C(=O)O)cc2)=CCC2(C)C1CCC1(C)C2CCC2C3CCCC3(CNCCc3cnc[nH]3)CC[C@]21C. The first-order chi connectivity index (χ1) is 20.9. The second-order valence-electron chi connectivity index (χ2n) is 17.0. The fraction of sp³-hybridized carbons (Fsp3) is 0.692. The summed E-state index contributed by atoms with van der Waals surface area (Å²) >= 11 is 0. The van der Waals surface area contributed by atoms with Crippen molar-refractivity contribution in [1.29, 1.82) is 0 Å². The maximum absolute atomic E-state index is 11.5. The number of hydrogen-bond acceptors (Lipinski definition) is 3. The summed E-state index contributed by atoms with van der Waals surface area (Å²) in [6, 6.07) is 7.65. The number of imidazole rings is 1. The molecule has 0 radical (unpaired) electrons. The van der Waals surface area contributed by atoms with Crippen LogP contribution in [-0.2, 0) is 6.42 Å². The third kappa shape index (κ3) is 4.34. The van der Waals surface area contributed by atoms with Gasteiger partial charge in [0.15, 0.2) is 0 Å². The van der Waals surface area contributed by atoms with Crippen LogP contribution in [0.2, 0.25) is 0 Å². The fourth-order valence-electron chi connectivity index (χ4n) is 12.9. The average Bonchev–Trinajstić information content (AvgIpc) is 3.66. The molecular formula is C39H55N3O2. The van der Waals surface area contributed by atoms with Crippen LogP contribution in [0.25, 0.3) is 5.57 Å². The topological polar surface area (TPSA) is 78.0 Å². The Labute approximate surface area is 265 Å². The minimum absolute atomic E-state index is 0.0614. The standard InChI is InChI=1S/C39H55N3O2/c1-35(2)29(26-8-10-27(11-9-26)34(43)44)14-18-36(3)32(35)15-19-38(5)33(36)13-12-30-31-7-6-17-39(31,21-20-37(30,38)4)24-40-22-16-28-23-41-25-42-28/h8-11,14,23,25,30-33,40H,6-7,12-13,15-22,24H2,1-5H3,(H,41,42)(H,43,44)/t30?,31?,32?,33?,36?,37-,38?,39?/m1/s1. The molecule has 44 heavy (non-hydrogen) atoms. The zero-order valence-corrected chi connectivity index (χ0v) is 27.8. The zero-order valence-electron chi connectivity index (χ0n) is 27.8. The lowest BCUT2D eigenvalue weighted by Gasteiger charge is -2.72. The molecule has 0 spiro atoms. The molecule has 5 aliphatic carbocycles. The molecule has 1 aromatic heterocycles. The van der Waals surface area contributed by atoms with Gasteiger partial charge in [-0.3, -0.25) is 0 Å². The van der Waals surface area contributed by atoms with Gasteiger partial charge in [0.1, 0.15) is 0 Å². The van der Waals surface area contributed by atoms with Gasteiger partial charge in [0.25, 0.3) is 0 Å². The number of aromatic nitrogens is 2. The van der Waals surface area contributed by atoms with Crippen LogP contribution in [-0.4, -0.2) is 34.1 Å². The molecule has 1 heterocycles. The van der Waals surface area contributed by atoms with Crippen LogP contribution in [0.4, 0.5) is 0 Å². The van der Waals surface area contributed by atoms with E-state index in [0.29, 0.717) is 33.1 Å². The molecule has 0 saturated heterocycles. The molecule has 4 saturated carbocycles. The van der Waals surface area contributed by atoms with Gasteiger partial charge in [-0.15, -0.1) is 0 Å². The molecule has 5 nitrogen and oxygen atoms in total. The van der Waals surface area contributed by atoms with Gasteiger partial charge >= 0.3 is 5.97 Å². The maximum Gasteiger partial charge on any atom is 0.335 e. The highest BCUT2D eigenvalue weighted by atomic mass is 16.4. The van der Waals surface area contributed by atoms with E-state index in [1.165, 1.54) is 81.2 Å². The average molecular weight is 598 g/mol. The largest absolute Gasteiger partial charge is 0.478 e. The van der Waals surface area contributed by atoms with Crippen molar-refractivity contribution in [2.24, 2.45) is 50.7 Å². The van der Waals surface area contributed by atoms with Crippen molar-refractivity contribution in [3.63, 3.8) is 0 Å². The van der Waals surface area contributed by atoms with Gasteiger partial charge in [0, 0.05) is 31.4 Å². The summed E-state index contributed by atoms with van der Waals surface area (Å²) < 4.78 is 0. The van der Waals surface area contributed by atoms with Gasteiger partial charge in [0.05, 0.1) is 11.9 Å². The smallest absolute Gasteiger partial charge is 0.335 e. The van der Waals surface area contributed by atoms with E-state index in [9.17, 15) is 9.90 Å². The molecule has 7 rings (SSSR count). The number of carboxylic acids is 1. The highest BCUT2D eigenvalue weighted by Gasteiger charge is 2.69. The zero-order chi connectivity index (χ0) is 31.0. The van der Waals surface area contributed by atoms with Crippen molar-refractivity contribution in [3.8, 4) is 0 Å². The molecule has 3 N–H and O–H groups in total. The van der Waals surface area contributed by atoms with Crippen LogP contribution >= 0.6 is 0 Å². The predicted molar refractivity (Wildman–Crippen MR) is 177 cm³/mol. The minimum atomic E-state index is -0.851. The summed E-state index contributed by atoms with van der Waals surface area (Å²) in [7, 11) is 0. The second kappa shape index (κ2) is 10.6. The lowest BCUT2D eigenvalue weighted by atomic mass is 9.32. The van der Waals surface area contributed by atoms with Gasteiger partial charge in [0.2, 0.25) is 0 Å². The minimum Gasteiger partial charge on any atom is -0.478 e. The molecule has 4 fully saturated rings. The van der Waals surface area contributed by atoms with Crippen molar-refractivity contribution < 1.29 is 9.90 Å². The molecular weight excluding hydrogens is 542 g/mol. The Kier molecular flexibility index (Phi) is 7.27. The second-order valence-corrected chi connectivity index (χ2v) is 17.0. The Bertz CT molecular complexity index is 1410. The van der Waals surface area contributed by atoms with Gasteiger partial charge in [-0.2, -0.15) is 0 Å². The molecule has 7 unspecified atom stereocenters. The summed E-state index contributed by atoms with van der Waals surface area (Å²) in [5, 5.41) is 13.4. The molecule has 5 heteroatoms. The number of nitrogens with zero attached hydrogens (tertiary/aromatic N) is 1. The molecule has 238 valence electrons. The van der Waals surface area contributed by atoms with Crippen molar-refractivity contribution in [1.82, 2.24) is 15.3 Å². The van der Waals surface area contributed by atoms with E-state index >= 15 is 0 Å². The lowest BCUT2D eigenvalue weighted by molar-refractivity contribution is -0.222. The van der Waals surface area contributed by atoms with Crippen molar-refractivity contribution in [3.05, 3.63) is 59.7 Å². The Morgan fingerprint density at radius 3 is 2.45 bits per heavy atom. The Balaban J connectivity index is 1.12. The summed E-state index contributed by atoms with van der Waals surface area (Å²) in [6.45, 7) is 15.3. The van der Waals surface area contributed by atoms with E-state index < -0.39 is 5.97 Å². The first-order valence-electron chi connectivity index (χ1n) is 17.7. The summed E-state index contributed by atoms with van der Waals surface area (Å²) in [5.74, 6) is 2.26. The molecule has 0 aliphatic heterocycles. The Hall–Kier alpha value is -2.40. The Morgan fingerprint density at radius 1 is 0.932 bits per heavy atom. The summed E-state index contributed by atoms with van der Waals surface area (Å²) in [6.07, 6.45) is 21.0. The monoisotopic (exact) mass is 597 g/mol. The van der Waals surface area contributed by atoms with E-state index in [1.807, 2.05) is 18.3 Å². The highest BCUT2D eigenvalue weighted by molar-refractivity contribution is 5.88. The van der Waals surface area contributed by atoms with Crippen LogP contribution in [0, 0.1) is 50.7 Å². The number of aromatic amines is 1. The quantitative estimate of drug-likeness (QED) is 0.279. The normalized spacial score (nSPS) is 40.7. The number of nitrogens with one attached hydrogen (secondary N) is 2. The molecule has 1 aromatic carbocycles. The van der Waals surface area contributed by atoms with E-state index in [2.05, 4.69) is 56.0 Å². The lowest BCUT2D eigenvalue weighted by Crippen LogP contribution is -2.65. The summed E-state index contributed by atoms with van der Waals surface area (Å²) in [4.78, 5) is 19.0. The molecule has 8 atom stereocenters. The number of H-pyrrole nitrogens is 1. The van der Waals surface area contributed by atoms with Crippen LogP contribution in [0.1, 0.15) is 120 Å². The highest BCUT2D eigenvalue weighted by Crippen LogP contribution is 2.77. The third-order valence-electron chi connectivity index (χ3n) is 15.2. The number of allylic oxidation sites excluding steroid dienone is 2. The van der Waals surface area contributed by atoms with Crippen molar-refractivity contribution in [2.75, 3.05) is 13.1 Å². The molecule has 2 aromatic rings. The van der Waals surface area contributed by atoms with Crippen LogP contribution in [0.5, 0.6) is 0 Å². The van der Waals surface area contributed by atoms with Gasteiger partial charge in [-0.1, -0.05) is 59.2 Å². The number of rotatable bonds is 7. The number of hydrogen-bond donors (Lipinski definition) is 3. The number of carbonyl (C=O) groups is 1. The predicted octanol–water partition coefficient (Wildman–Crippen LogP) is 8.79. The number of fused-ring (bicyclic) bond motifs is 7.